The quantitative estimate of drug-likeness (QED) is 0.845. The van der Waals surface area contributed by atoms with Crippen LogP contribution in [0.2, 0.25) is 0 Å². The summed E-state index contributed by atoms with van der Waals surface area (Å²) in [7, 11) is 2.19. The smallest absolute Gasteiger partial charge is 0.133 e. The summed E-state index contributed by atoms with van der Waals surface area (Å²) < 4.78 is 0. The van der Waals surface area contributed by atoms with Gasteiger partial charge in [-0.05, 0) is 44.8 Å². The van der Waals surface area contributed by atoms with Crippen LogP contribution in [0.1, 0.15) is 24.8 Å². The number of allylic oxidation sites excluding steroid dienone is 2. The van der Waals surface area contributed by atoms with Gasteiger partial charge in [0.15, 0.2) is 0 Å². The maximum atomic E-state index is 4.65. The molecular weight excluding hydrogens is 272 g/mol. The van der Waals surface area contributed by atoms with Gasteiger partial charge in [-0.15, -0.1) is 0 Å². The molecule has 3 rings (SSSR count). The number of nitrogens with one attached hydrogen (secondary N) is 1. The summed E-state index contributed by atoms with van der Waals surface area (Å²) in [6, 6.07) is 4.27. The number of pyridine rings is 1. The summed E-state index contributed by atoms with van der Waals surface area (Å²) >= 11 is 0. The van der Waals surface area contributed by atoms with Gasteiger partial charge in [0, 0.05) is 44.5 Å². The molecule has 1 fully saturated rings. The molecule has 0 radical (unpaired) electrons. The molecule has 0 saturated carbocycles. The van der Waals surface area contributed by atoms with Gasteiger partial charge in [0.2, 0.25) is 0 Å². The lowest BCUT2D eigenvalue weighted by molar-refractivity contribution is 0.311. The lowest BCUT2D eigenvalue weighted by atomic mass is 9.94. The fourth-order valence-corrected chi connectivity index (χ4v) is 3.32. The minimum atomic E-state index is 0.800. The van der Waals surface area contributed by atoms with Crippen LogP contribution in [0.25, 0.3) is 0 Å². The van der Waals surface area contributed by atoms with Crippen LogP contribution in [-0.2, 0) is 6.54 Å². The minimum absolute atomic E-state index is 0.800. The van der Waals surface area contributed by atoms with Gasteiger partial charge in [-0.1, -0.05) is 18.2 Å². The average molecular weight is 300 g/mol. The van der Waals surface area contributed by atoms with E-state index in [1.807, 2.05) is 6.20 Å². The Morgan fingerprint density at radius 3 is 2.86 bits per heavy atom. The average Bonchev–Trinajstić information content (AvgIpc) is 2.57. The number of piperazine rings is 1. The predicted octanol–water partition coefficient (Wildman–Crippen LogP) is 2.28. The molecule has 0 spiro atoms. The molecule has 2 heterocycles. The summed E-state index contributed by atoms with van der Waals surface area (Å²) in [5.41, 5.74) is 1.33. The molecule has 1 aromatic rings. The molecule has 4 heteroatoms. The predicted molar refractivity (Wildman–Crippen MR) is 92.1 cm³/mol. The molecule has 2 aliphatic rings. The number of rotatable bonds is 5. The lowest BCUT2D eigenvalue weighted by Gasteiger charge is -2.34. The molecule has 1 aromatic heterocycles. The molecule has 1 saturated heterocycles. The van der Waals surface area contributed by atoms with E-state index >= 15 is 0 Å². The van der Waals surface area contributed by atoms with Gasteiger partial charge in [-0.2, -0.15) is 0 Å². The molecule has 1 N–H and O–H groups in total. The Morgan fingerprint density at radius 1 is 1.23 bits per heavy atom. The first-order chi connectivity index (χ1) is 10.8. The van der Waals surface area contributed by atoms with Gasteiger partial charge >= 0.3 is 0 Å². The monoisotopic (exact) mass is 300 g/mol. The summed E-state index contributed by atoms with van der Waals surface area (Å²) in [5.74, 6) is 1.97. The molecule has 4 nitrogen and oxygen atoms in total. The van der Waals surface area contributed by atoms with Gasteiger partial charge in [0.1, 0.15) is 5.82 Å². The standard InChI is InChI=1S/C18H28N4/c1-21-10-12-22(13-11-21)18-17(8-5-9-20-18)15-19-14-16-6-3-2-4-7-16/h2-3,5,8-9,16,19H,4,6-7,10-15H2,1H3/t16-/m1/s1. The molecule has 22 heavy (non-hydrogen) atoms. The maximum Gasteiger partial charge on any atom is 0.133 e. The van der Waals surface area contributed by atoms with E-state index < -0.39 is 0 Å². The van der Waals surface area contributed by atoms with Crippen LogP contribution in [0.3, 0.4) is 0 Å². The van der Waals surface area contributed by atoms with E-state index in [-0.39, 0.29) is 0 Å². The fraction of sp³-hybridized carbons (Fsp3) is 0.611. The van der Waals surface area contributed by atoms with Crippen LogP contribution in [-0.4, -0.2) is 49.7 Å². The van der Waals surface area contributed by atoms with E-state index in [1.165, 1.54) is 30.6 Å². The van der Waals surface area contributed by atoms with Crippen molar-refractivity contribution in [1.82, 2.24) is 15.2 Å². The summed E-state index contributed by atoms with van der Waals surface area (Å²) in [6.07, 6.45) is 10.3. The van der Waals surface area contributed by atoms with Crippen LogP contribution >= 0.6 is 0 Å². The number of nitrogens with zero attached hydrogens (tertiary/aromatic N) is 3. The number of hydrogen-bond acceptors (Lipinski definition) is 4. The van der Waals surface area contributed by atoms with Gasteiger partial charge in [0.05, 0.1) is 0 Å². The molecule has 1 atom stereocenters. The lowest BCUT2D eigenvalue weighted by Crippen LogP contribution is -2.45. The Balaban J connectivity index is 1.55. The Morgan fingerprint density at radius 2 is 2.09 bits per heavy atom. The Hall–Kier alpha value is -1.39. The van der Waals surface area contributed by atoms with Crippen molar-refractivity contribution < 1.29 is 0 Å². The molecule has 120 valence electrons. The normalized spacial score (nSPS) is 23.0. The summed E-state index contributed by atoms with van der Waals surface area (Å²) in [5, 5.41) is 3.65. The largest absolute Gasteiger partial charge is 0.354 e. The second-order valence-corrected chi connectivity index (χ2v) is 6.56. The van der Waals surface area contributed by atoms with Gasteiger partial charge in [-0.3, -0.25) is 0 Å². The molecule has 0 bridgehead atoms. The van der Waals surface area contributed by atoms with Crippen molar-refractivity contribution in [3.8, 4) is 0 Å². The van der Waals surface area contributed by atoms with Crippen LogP contribution in [0.5, 0.6) is 0 Å². The van der Waals surface area contributed by atoms with E-state index in [2.05, 4.69) is 51.4 Å². The number of aromatic nitrogens is 1. The van der Waals surface area contributed by atoms with Crippen molar-refractivity contribution in [3.63, 3.8) is 0 Å². The van der Waals surface area contributed by atoms with Crippen molar-refractivity contribution in [2.75, 3.05) is 44.7 Å². The number of likely N-dealkylation sites (N-methyl/N-ethyl adjacent to an activating group) is 1. The van der Waals surface area contributed by atoms with Crippen LogP contribution in [0.15, 0.2) is 30.5 Å². The van der Waals surface area contributed by atoms with Crippen molar-refractivity contribution >= 4 is 5.82 Å². The molecule has 0 unspecified atom stereocenters. The van der Waals surface area contributed by atoms with E-state index in [0.717, 1.165) is 45.2 Å². The first-order valence-electron chi connectivity index (χ1n) is 8.56. The highest BCUT2D eigenvalue weighted by Crippen LogP contribution is 2.20. The van der Waals surface area contributed by atoms with Gasteiger partial charge in [-0.25, -0.2) is 4.98 Å². The Bertz CT molecular complexity index is 492. The highest BCUT2D eigenvalue weighted by Gasteiger charge is 2.18. The zero-order valence-electron chi connectivity index (χ0n) is 13.7. The topological polar surface area (TPSA) is 31.4 Å². The number of hydrogen-bond donors (Lipinski definition) is 1. The third-order valence-corrected chi connectivity index (χ3v) is 4.80. The van der Waals surface area contributed by atoms with Gasteiger partial charge in [0.25, 0.3) is 0 Å². The Labute approximate surface area is 134 Å². The minimum Gasteiger partial charge on any atom is -0.354 e. The molecule has 0 amide bonds. The first kappa shape index (κ1) is 15.5. The van der Waals surface area contributed by atoms with Crippen molar-refractivity contribution in [1.29, 1.82) is 0 Å². The number of anilines is 1. The van der Waals surface area contributed by atoms with Crippen LogP contribution in [0, 0.1) is 5.92 Å². The van der Waals surface area contributed by atoms with Crippen LogP contribution < -0.4 is 10.2 Å². The zero-order chi connectivity index (χ0) is 15.2. The molecule has 0 aromatic carbocycles. The first-order valence-corrected chi connectivity index (χ1v) is 8.56. The van der Waals surface area contributed by atoms with E-state index in [0.29, 0.717) is 0 Å². The van der Waals surface area contributed by atoms with Crippen molar-refractivity contribution in [3.05, 3.63) is 36.0 Å². The Kier molecular flexibility index (Phi) is 5.46. The third kappa shape index (κ3) is 4.08. The van der Waals surface area contributed by atoms with Crippen molar-refractivity contribution in [2.45, 2.75) is 25.8 Å². The fourth-order valence-electron chi connectivity index (χ4n) is 3.32. The SMILES string of the molecule is CN1CCN(c2ncccc2CNC[C@@H]2CC=CCC2)CC1. The molecule has 1 aliphatic carbocycles. The summed E-state index contributed by atoms with van der Waals surface area (Å²) in [4.78, 5) is 9.46. The van der Waals surface area contributed by atoms with Crippen molar-refractivity contribution in [2.24, 2.45) is 5.92 Å². The molecular formula is C18H28N4. The molecule has 1 aliphatic heterocycles. The third-order valence-electron chi connectivity index (χ3n) is 4.80. The second kappa shape index (κ2) is 7.75. The van der Waals surface area contributed by atoms with Gasteiger partial charge < -0.3 is 15.1 Å². The van der Waals surface area contributed by atoms with E-state index in [9.17, 15) is 0 Å². The van der Waals surface area contributed by atoms with E-state index in [1.54, 1.807) is 0 Å². The zero-order valence-corrected chi connectivity index (χ0v) is 13.7. The summed E-state index contributed by atoms with van der Waals surface area (Å²) in [6.45, 7) is 6.44. The highest BCUT2D eigenvalue weighted by atomic mass is 15.3. The van der Waals surface area contributed by atoms with E-state index in [4.69, 9.17) is 0 Å². The highest BCUT2D eigenvalue weighted by molar-refractivity contribution is 5.47. The second-order valence-electron chi connectivity index (χ2n) is 6.56. The maximum absolute atomic E-state index is 4.65. The van der Waals surface area contributed by atoms with Crippen LogP contribution in [0.4, 0.5) is 5.82 Å².